The Morgan fingerprint density at radius 1 is 1.21 bits per heavy atom. The van der Waals surface area contributed by atoms with Crippen molar-refractivity contribution in [1.82, 2.24) is 19.4 Å². The number of nitrogens with zero attached hydrogens (tertiary/aromatic N) is 3. The molecule has 33 heavy (non-hydrogen) atoms. The zero-order valence-electron chi connectivity index (χ0n) is 18.6. The quantitative estimate of drug-likeness (QED) is 0.542. The second-order valence-electron chi connectivity index (χ2n) is 8.21. The molecule has 3 aromatic rings. The summed E-state index contributed by atoms with van der Waals surface area (Å²) in [5.74, 6) is 0.202. The third kappa shape index (κ3) is 4.95. The van der Waals surface area contributed by atoms with E-state index in [9.17, 15) is 19.2 Å². The first-order valence-electron chi connectivity index (χ1n) is 11.3. The second-order valence-corrected chi connectivity index (χ2v) is 9.13. The molecule has 0 spiro atoms. The van der Waals surface area contributed by atoms with E-state index in [0.717, 1.165) is 30.3 Å². The predicted octanol–water partition coefficient (Wildman–Crippen LogP) is 2.32. The molecule has 1 fully saturated rings. The van der Waals surface area contributed by atoms with Gasteiger partial charge in [0.25, 0.3) is 5.56 Å². The first-order valence-corrected chi connectivity index (χ1v) is 12.2. The molecule has 4 heterocycles. The van der Waals surface area contributed by atoms with Crippen LogP contribution >= 0.6 is 11.3 Å². The Labute approximate surface area is 194 Å². The summed E-state index contributed by atoms with van der Waals surface area (Å²) in [5, 5.41) is 4.45. The Morgan fingerprint density at radius 2 is 2.06 bits per heavy atom. The monoisotopic (exact) mass is 472 g/mol. The van der Waals surface area contributed by atoms with Gasteiger partial charge in [-0.1, -0.05) is 6.92 Å². The standard InChI is InChI=1S/C23H28N4O5S/c1-2-16-6-3-4-10-25(16)20(29)15-27-18-9-13-33-21(18)22(30)26(23(27)31)11-8-19(28)24-14-17-7-5-12-32-17/h5,7,9,12-13,16H,2-4,6,8,10-11,14-15H2,1H3,(H,24,28)/t16-/m1/s1. The largest absolute Gasteiger partial charge is 0.467 e. The molecule has 1 aliphatic heterocycles. The van der Waals surface area contributed by atoms with Gasteiger partial charge in [0, 0.05) is 25.6 Å². The molecule has 1 aliphatic rings. The van der Waals surface area contributed by atoms with E-state index in [0.29, 0.717) is 22.5 Å². The number of hydrogen-bond donors (Lipinski definition) is 1. The van der Waals surface area contributed by atoms with Crippen LogP contribution in [0, 0.1) is 0 Å². The molecule has 2 amide bonds. The molecule has 0 saturated carbocycles. The van der Waals surface area contributed by atoms with Gasteiger partial charge in [-0.25, -0.2) is 4.79 Å². The number of nitrogens with one attached hydrogen (secondary N) is 1. The van der Waals surface area contributed by atoms with Crippen molar-refractivity contribution in [3.05, 3.63) is 56.4 Å². The van der Waals surface area contributed by atoms with Gasteiger partial charge in [-0.05, 0) is 49.3 Å². The number of thiophene rings is 1. The summed E-state index contributed by atoms with van der Waals surface area (Å²) < 4.78 is 8.03. The van der Waals surface area contributed by atoms with E-state index >= 15 is 0 Å². The van der Waals surface area contributed by atoms with E-state index < -0.39 is 11.2 Å². The molecular formula is C23H28N4O5S. The van der Waals surface area contributed by atoms with Crippen LogP contribution in [-0.2, 0) is 29.2 Å². The van der Waals surface area contributed by atoms with Crippen LogP contribution < -0.4 is 16.6 Å². The normalized spacial score (nSPS) is 16.3. The SMILES string of the molecule is CC[C@@H]1CCCCN1C(=O)Cn1c(=O)n(CCC(=O)NCc2ccco2)c(=O)c2sccc21. The van der Waals surface area contributed by atoms with E-state index in [1.807, 2.05) is 4.90 Å². The molecule has 0 unspecified atom stereocenters. The van der Waals surface area contributed by atoms with Gasteiger partial charge >= 0.3 is 5.69 Å². The highest BCUT2D eigenvalue weighted by Gasteiger charge is 2.26. The molecule has 10 heteroatoms. The predicted molar refractivity (Wildman–Crippen MR) is 125 cm³/mol. The second kappa shape index (κ2) is 10.2. The highest BCUT2D eigenvalue weighted by molar-refractivity contribution is 7.17. The van der Waals surface area contributed by atoms with Gasteiger partial charge in [-0.15, -0.1) is 11.3 Å². The van der Waals surface area contributed by atoms with Crippen LogP contribution in [-0.4, -0.2) is 38.4 Å². The van der Waals surface area contributed by atoms with Crippen molar-refractivity contribution in [1.29, 1.82) is 0 Å². The Kier molecular flexibility index (Phi) is 7.12. The lowest BCUT2D eigenvalue weighted by Gasteiger charge is -2.35. The molecule has 1 atom stereocenters. The minimum Gasteiger partial charge on any atom is -0.467 e. The van der Waals surface area contributed by atoms with E-state index in [1.165, 1.54) is 22.2 Å². The highest BCUT2D eigenvalue weighted by atomic mass is 32.1. The fourth-order valence-corrected chi connectivity index (χ4v) is 5.21. The lowest BCUT2D eigenvalue weighted by atomic mass is 10.00. The molecule has 176 valence electrons. The zero-order valence-corrected chi connectivity index (χ0v) is 19.4. The number of furan rings is 1. The van der Waals surface area contributed by atoms with Gasteiger partial charge in [0.15, 0.2) is 0 Å². The van der Waals surface area contributed by atoms with Crippen LogP contribution in [0.1, 0.15) is 44.8 Å². The lowest BCUT2D eigenvalue weighted by Crippen LogP contribution is -2.47. The van der Waals surface area contributed by atoms with Crippen molar-refractivity contribution in [3.63, 3.8) is 0 Å². The summed E-state index contributed by atoms with van der Waals surface area (Å²) in [4.78, 5) is 53.4. The van der Waals surface area contributed by atoms with Crippen molar-refractivity contribution >= 4 is 33.4 Å². The maximum Gasteiger partial charge on any atom is 0.332 e. The van der Waals surface area contributed by atoms with Gasteiger partial charge in [0.2, 0.25) is 11.8 Å². The molecular weight excluding hydrogens is 444 g/mol. The first-order chi connectivity index (χ1) is 16.0. The summed E-state index contributed by atoms with van der Waals surface area (Å²) in [7, 11) is 0. The first kappa shape index (κ1) is 23.0. The van der Waals surface area contributed by atoms with E-state index in [2.05, 4.69) is 12.2 Å². The zero-order chi connectivity index (χ0) is 23.4. The fourth-order valence-electron chi connectivity index (χ4n) is 4.36. The molecule has 1 N–H and O–H groups in total. The lowest BCUT2D eigenvalue weighted by molar-refractivity contribution is -0.135. The molecule has 3 aromatic heterocycles. The number of rotatable bonds is 8. The number of carbonyl (C=O) groups excluding carboxylic acids is 2. The van der Waals surface area contributed by atoms with Crippen LogP contribution in [0.2, 0.25) is 0 Å². The topological polar surface area (TPSA) is 107 Å². The number of likely N-dealkylation sites (tertiary alicyclic amines) is 1. The molecule has 0 radical (unpaired) electrons. The highest BCUT2D eigenvalue weighted by Crippen LogP contribution is 2.21. The molecule has 0 aliphatic carbocycles. The van der Waals surface area contributed by atoms with Crippen molar-refractivity contribution in [3.8, 4) is 0 Å². The van der Waals surface area contributed by atoms with Crippen LogP contribution in [0.5, 0.6) is 0 Å². The number of fused-ring (bicyclic) bond motifs is 1. The van der Waals surface area contributed by atoms with Gasteiger partial charge in [0.1, 0.15) is 17.0 Å². The molecule has 0 aromatic carbocycles. The fraction of sp³-hybridized carbons (Fsp3) is 0.478. The Bertz CT molecular complexity index is 1240. The third-order valence-electron chi connectivity index (χ3n) is 6.15. The minimum absolute atomic E-state index is 0.0370. The molecule has 1 saturated heterocycles. The summed E-state index contributed by atoms with van der Waals surface area (Å²) in [6, 6.07) is 5.36. The van der Waals surface area contributed by atoms with Crippen molar-refractivity contribution in [2.75, 3.05) is 6.54 Å². The average molecular weight is 473 g/mol. The third-order valence-corrected chi connectivity index (χ3v) is 7.04. The Balaban J connectivity index is 1.54. The molecule has 0 bridgehead atoms. The maximum absolute atomic E-state index is 13.2. The van der Waals surface area contributed by atoms with Gasteiger partial charge < -0.3 is 14.6 Å². The van der Waals surface area contributed by atoms with Crippen LogP contribution in [0.3, 0.4) is 0 Å². The van der Waals surface area contributed by atoms with Gasteiger partial charge in [-0.2, -0.15) is 0 Å². The van der Waals surface area contributed by atoms with Crippen LogP contribution in [0.15, 0.2) is 43.8 Å². The van der Waals surface area contributed by atoms with Crippen LogP contribution in [0.4, 0.5) is 0 Å². The number of aromatic nitrogens is 2. The summed E-state index contributed by atoms with van der Waals surface area (Å²) in [6.45, 7) is 2.81. The van der Waals surface area contributed by atoms with Crippen LogP contribution in [0.25, 0.3) is 10.2 Å². The van der Waals surface area contributed by atoms with Crippen molar-refractivity contribution in [2.45, 2.75) is 64.7 Å². The van der Waals surface area contributed by atoms with E-state index in [4.69, 9.17) is 4.42 Å². The summed E-state index contributed by atoms with van der Waals surface area (Å²) in [5.41, 5.74) is -0.535. The Morgan fingerprint density at radius 3 is 2.82 bits per heavy atom. The summed E-state index contributed by atoms with van der Waals surface area (Å²) in [6.07, 6.45) is 5.39. The number of hydrogen-bond acceptors (Lipinski definition) is 6. The van der Waals surface area contributed by atoms with Crippen molar-refractivity contribution in [2.24, 2.45) is 0 Å². The smallest absolute Gasteiger partial charge is 0.332 e. The van der Waals surface area contributed by atoms with Gasteiger partial charge in [-0.3, -0.25) is 23.5 Å². The summed E-state index contributed by atoms with van der Waals surface area (Å²) >= 11 is 1.23. The molecule has 9 nitrogen and oxygen atoms in total. The number of amides is 2. The van der Waals surface area contributed by atoms with E-state index in [-0.39, 0.29) is 43.9 Å². The number of piperidine rings is 1. The molecule has 4 rings (SSSR count). The van der Waals surface area contributed by atoms with Crippen molar-refractivity contribution < 1.29 is 14.0 Å². The van der Waals surface area contributed by atoms with Gasteiger partial charge in [0.05, 0.1) is 18.3 Å². The maximum atomic E-state index is 13.2. The minimum atomic E-state index is -0.567. The number of carbonyl (C=O) groups is 2. The average Bonchev–Trinajstić information content (AvgIpc) is 3.52. The Hall–Kier alpha value is -3.14. The van der Waals surface area contributed by atoms with E-state index in [1.54, 1.807) is 23.6 Å².